The third kappa shape index (κ3) is 3.11. The molecule has 1 aromatic heterocycles. The van der Waals surface area contributed by atoms with Gasteiger partial charge in [0.05, 0.1) is 0 Å². The van der Waals surface area contributed by atoms with E-state index >= 15 is 0 Å². The SMILES string of the molecule is CC(C)(C)c1ccccc1Oc1cccc(C#N)n1. The molecule has 0 aliphatic rings. The van der Waals surface area contributed by atoms with Gasteiger partial charge in [-0.1, -0.05) is 45.0 Å². The normalized spacial score (nSPS) is 10.8. The van der Waals surface area contributed by atoms with Crippen LogP contribution in [0.15, 0.2) is 42.5 Å². The van der Waals surface area contributed by atoms with Crippen LogP contribution in [0.25, 0.3) is 0 Å². The minimum Gasteiger partial charge on any atom is -0.439 e. The van der Waals surface area contributed by atoms with Gasteiger partial charge in [-0.25, -0.2) is 4.98 Å². The van der Waals surface area contributed by atoms with E-state index in [1.165, 1.54) is 0 Å². The zero-order valence-electron chi connectivity index (χ0n) is 11.3. The van der Waals surface area contributed by atoms with Crippen LogP contribution in [0.3, 0.4) is 0 Å². The van der Waals surface area contributed by atoms with Gasteiger partial charge in [0.2, 0.25) is 5.88 Å². The lowest BCUT2D eigenvalue weighted by Gasteiger charge is -2.22. The number of hydrogen-bond acceptors (Lipinski definition) is 3. The van der Waals surface area contributed by atoms with Crippen LogP contribution in [0, 0.1) is 11.3 Å². The number of nitrogens with zero attached hydrogens (tertiary/aromatic N) is 2. The van der Waals surface area contributed by atoms with Gasteiger partial charge in [-0.05, 0) is 17.5 Å². The molecule has 3 nitrogen and oxygen atoms in total. The first kappa shape index (κ1) is 13.1. The number of pyridine rings is 1. The van der Waals surface area contributed by atoms with Gasteiger partial charge in [-0.2, -0.15) is 5.26 Å². The Morgan fingerprint density at radius 3 is 2.47 bits per heavy atom. The number of benzene rings is 1. The summed E-state index contributed by atoms with van der Waals surface area (Å²) < 4.78 is 5.82. The van der Waals surface area contributed by atoms with E-state index in [0.29, 0.717) is 11.6 Å². The Morgan fingerprint density at radius 1 is 1.05 bits per heavy atom. The van der Waals surface area contributed by atoms with Crippen molar-refractivity contribution in [3.63, 3.8) is 0 Å². The van der Waals surface area contributed by atoms with E-state index in [1.807, 2.05) is 30.3 Å². The summed E-state index contributed by atoms with van der Waals surface area (Å²) in [7, 11) is 0. The Balaban J connectivity index is 2.36. The molecular formula is C16H16N2O. The van der Waals surface area contributed by atoms with Crippen LogP contribution < -0.4 is 4.74 Å². The van der Waals surface area contributed by atoms with E-state index < -0.39 is 0 Å². The summed E-state index contributed by atoms with van der Waals surface area (Å²) in [4.78, 5) is 4.13. The molecule has 0 saturated carbocycles. The Bertz CT molecular complexity index is 621. The number of hydrogen-bond donors (Lipinski definition) is 0. The highest BCUT2D eigenvalue weighted by atomic mass is 16.5. The van der Waals surface area contributed by atoms with Crippen molar-refractivity contribution >= 4 is 0 Å². The molecule has 0 fully saturated rings. The van der Waals surface area contributed by atoms with Gasteiger partial charge in [0, 0.05) is 11.6 Å². The van der Waals surface area contributed by atoms with Crippen LogP contribution in [0.1, 0.15) is 32.0 Å². The third-order valence-electron chi connectivity index (χ3n) is 2.75. The van der Waals surface area contributed by atoms with Gasteiger partial charge < -0.3 is 4.74 Å². The Labute approximate surface area is 113 Å². The van der Waals surface area contributed by atoms with Crippen LogP contribution in [0.4, 0.5) is 0 Å². The number of para-hydroxylation sites is 1. The summed E-state index contributed by atoms with van der Waals surface area (Å²) in [6.07, 6.45) is 0. The van der Waals surface area contributed by atoms with Crippen LogP contribution >= 0.6 is 0 Å². The van der Waals surface area contributed by atoms with Gasteiger partial charge in [-0.3, -0.25) is 0 Å². The van der Waals surface area contributed by atoms with Crippen molar-refractivity contribution in [3.8, 4) is 17.7 Å². The van der Waals surface area contributed by atoms with E-state index in [0.717, 1.165) is 11.3 Å². The largest absolute Gasteiger partial charge is 0.439 e. The fourth-order valence-electron chi connectivity index (χ4n) is 1.82. The lowest BCUT2D eigenvalue weighted by atomic mass is 9.86. The second-order valence-corrected chi connectivity index (χ2v) is 5.32. The molecule has 1 heterocycles. The topological polar surface area (TPSA) is 45.9 Å². The van der Waals surface area contributed by atoms with Crippen molar-refractivity contribution in [1.82, 2.24) is 4.98 Å². The number of rotatable bonds is 2. The summed E-state index contributed by atoms with van der Waals surface area (Å²) in [6.45, 7) is 6.40. The fraction of sp³-hybridized carbons (Fsp3) is 0.250. The smallest absolute Gasteiger partial charge is 0.220 e. The maximum atomic E-state index is 8.84. The molecule has 0 amide bonds. The fourth-order valence-corrected chi connectivity index (χ4v) is 1.82. The van der Waals surface area contributed by atoms with Gasteiger partial charge in [0.1, 0.15) is 17.5 Å². The lowest BCUT2D eigenvalue weighted by Crippen LogP contribution is -2.12. The van der Waals surface area contributed by atoms with Crippen molar-refractivity contribution in [2.75, 3.05) is 0 Å². The highest BCUT2D eigenvalue weighted by Gasteiger charge is 2.18. The van der Waals surface area contributed by atoms with Gasteiger partial charge in [0.25, 0.3) is 0 Å². The van der Waals surface area contributed by atoms with Gasteiger partial charge in [-0.15, -0.1) is 0 Å². The standard InChI is InChI=1S/C16H16N2O/c1-16(2,3)13-8-4-5-9-14(13)19-15-10-6-7-12(11-17)18-15/h4-10H,1-3H3. The quantitative estimate of drug-likeness (QED) is 0.810. The minimum absolute atomic E-state index is 0.0105. The molecule has 2 aromatic rings. The monoisotopic (exact) mass is 252 g/mol. The maximum Gasteiger partial charge on any atom is 0.220 e. The van der Waals surface area contributed by atoms with Crippen LogP contribution in [-0.2, 0) is 5.41 Å². The Hall–Kier alpha value is -2.34. The first-order valence-corrected chi connectivity index (χ1v) is 6.15. The van der Waals surface area contributed by atoms with Crippen LogP contribution in [0.2, 0.25) is 0 Å². The van der Waals surface area contributed by atoms with Gasteiger partial charge in [0.15, 0.2) is 0 Å². The van der Waals surface area contributed by atoms with Crippen molar-refractivity contribution < 1.29 is 4.74 Å². The second-order valence-electron chi connectivity index (χ2n) is 5.32. The molecule has 3 heteroatoms. The average molecular weight is 252 g/mol. The first-order valence-electron chi connectivity index (χ1n) is 6.15. The average Bonchev–Trinajstić information content (AvgIpc) is 2.38. The van der Waals surface area contributed by atoms with Crippen LogP contribution in [-0.4, -0.2) is 4.98 Å². The van der Waals surface area contributed by atoms with Gasteiger partial charge >= 0.3 is 0 Å². The van der Waals surface area contributed by atoms with E-state index in [1.54, 1.807) is 18.2 Å². The van der Waals surface area contributed by atoms with Crippen molar-refractivity contribution in [2.45, 2.75) is 26.2 Å². The molecule has 0 N–H and O–H groups in total. The van der Waals surface area contributed by atoms with Crippen molar-refractivity contribution in [3.05, 3.63) is 53.7 Å². The van der Waals surface area contributed by atoms with Crippen molar-refractivity contribution in [1.29, 1.82) is 5.26 Å². The summed E-state index contributed by atoms with van der Waals surface area (Å²) in [5.41, 5.74) is 1.45. The molecule has 2 rings (SSSR count). The number of ether oxygens (including phenoxy) is 1. The maximum absolute atomic E-state index is 8.84. The van der Waals surface area contributed by atoms with E-state index in [9.17, 15) is 0 Å². The molecular weight excluding hydrogens is 236 g/mol. The summed E-state index contributed by atoms with van der Waals surface area (Å²) in [5, 5.41) is 8.84. The zero-order valence-corrected chi connectivity index (χ0v) is 11.3. The van der Waals surface area contributed by atoms with Crippen LogP contribution in [0.5, 0.6) is 11.6 Å². The van der Waals surface area contributed by atoms with E-state index in [2.05, 4.69) is 25.8 Å². The predicted octanol–water partition coefficient (Wildman–Crippen LogP) is 4.04. The second kappa shape index (κ2) is 5.11. The molecule has 0 radical (unpaired) electrons. The minimum atomic E-state index is -0.0105. The molecule has 0 saturated heterocycles. The summed E-state index contributed by atoms with van der Waals surface area (Å²) >= 11 is 0. The molecule has 19 heavy (non-hydrogen) atoms. The highest BCUT2D eigenvalue weighted by molar-refractivity contribution is 5.40. The molecule has 0 bridgehead atoms. The molecule has 0 unspecified atom stereocenters. The summed E-state index contributed by atoms with van der Waals surface area (Å²) in [6, 6.07) is 15.1. The highest BCUT2D eigenvalue weighted by Crippen LogP contribution is 2.33. The molecule has 1 aromatic carbocycles. The molecule has 0 atom stereocenters. The lowest BCUT2D eigenvalue weighted by molar-refractivity contribution is 0.439. The number of aromatic nitrogens is 1. The predicted molar refractivity (Wildman–Crippen MR) is 74.2 cm³/mol. The number of nitriles is 1. The molecule has 0 aliphatic carbocycles. The summed E-state index contributed by atoms with van der Waals surface area (Å²) in [5.74, 6) is 1.22. The van der Waals surface area contributed by atoms with E-state index in [4.69, 9.17) is 10.00 Å². The van der Waals surface area contributed by atoms with Crippen molar-refractivity contribution in [2.24, 2.45) is 0 Å². The first-order chi connectivity index (χ1) is 9.00. The Kier molecular flexibility index (Phi) is 3.52. The molecule has 0 spiro atoms. The zero-order chi connectivity index (χ0) is 13.9. The third-order valence-corrected chi connectivity index (χ3v) is 2.75. The molecule has 0 aliphatic heterocycles. The molecule has 96 valence electrons. The van der Waals surface area contributed by atoms with E-state index in [-0.39, 0.29) is 5.41 Å². The Morgan fingerprint density at radius 2 is 1.79 bits per heavy atom.